The van der Waals surface area contributed by atoms with Crippen molar-refractivity contribution in [2.45, 2.75) is 31.8 Å². The third kappa shape index (κ3) is 2.63. The minimum atomic E-state index is -0.257. The van der Waals surface area contributed by atoms with Gasteiger partial charge in [-0.1, -0.05) is 18.2 Å². The van der Waals surface area contributed by atoms with Crippen LogP contribution in [0.3, 0.4) is 0 Å². The lowest BCUT2D eigenvalue weighted by Crippen LogP contribution is -2.39. The van der Waals surface area contributed by atoms with Gasteiger partial charge in [-0.15, -0.1) is 0 Å². The predicted octanol–water partition coefficient (Wildman–Crippen LogP) is 1.82. The van der Waals surface area contributed by atoms with Gasteiger partial charge in [0.15, 0.2) is 0 Å². The molecule has 1 aromatic carbocycles. The summed E-state index contributed by atoms with van der Waals surface area (Å²) in [7, 11) is 0. The Bertz CT molecular complexity index is 612. The highest BCUT2D eigenvalue weighted by Gasteiger charge is 2.49. The van der Waals surface area contributed by atoms with E-state index in [9.17, 15) is 9.59 Å². The zero-order chi connectivity index (χ0) is 15.9. The van der Waals surface area contributed by atoms with Crippen molar-refractivity contribution >= 4 is 17.5 Å². The zero-order valence-corrected chi connectivity index (χ0v) is 13.2. The molecule has 1 unspecified atom stereocenters. The lowest BCUT2D eigenvalue weighted by Gasteiger charge is -2.25. The average molecular weight is 314 g/mol. The van der Waals surface area contributed by atoms with Crippen LogP contribution in [-0.2, 0) is 14.3 Å². The molecule has 3 heterocycles. The maximum atomic E-state index is 12.5. The normalized spacial score (nSPS) is 30.6. The Hall–Kier alpha value is -1.88. The van der Waals surface area contributed by atoms with Crippen molar-refractivity contribution in [2.24, 2.45) is 5.41 Å². The molecule has 0 N–H and O–H groups in total. The number of amides is 2. The van der Waals surface area contributed by atoms with Crippen LogP contribution in [0.2, 0.25) is 0 Å². The van der Waals surface area contributed by atoms with Crippen molar-refractivity contribution in [3.05, 3.63) is 30.3 Å². The van der Waals surface area contributed by atoms with Gasteiger partial charge in [-0.25, -0.2) is 0 Å². The molecule has 3 aliphatic rings. The van der Waals surface area contributed by atoms with Crippen LogP contribution < -0.4 is 4.90 Å². The summed E-state index contributed by atoms with van der Waals surface area (Å²) >= 11 is 0. The van der Waals surface area contributed by atoms with E-state index in [0.29, 0.717) is 26.1 Å². The first-order chi connectivity index (χ1) is 11.2. The smallest absolute Gasteiger partial charge is 0.251 e. The van der Waals surface area contributed by atoms with E-state index in [0.717, 1.165) is 31.5 Å². The van der Waals surface area contributed by atoms with Gasteiger partial charge in [0.25, 0.3) is 5.91 Å². The fourth-order valence-electron chi connectivity index (χ4n) is 4.11. The van der Waals surface area contributed by atoms with E-state index in [1.807, 2.05) is 40.1 Å². The summed E-state index contributed by atoms with van der Waals surface area (Å²) in [4.78, 5) is 28.8. The van der Waals surface area contributed by atoms with E-state index in [-0.39, 0.29) is 23.3 Å². The van der Waals surface area contributed by atoms with E-state index < -0.39 is 0 Å². The van der Waals surface area contributed by atoms with Gasteiger partial charge in [0.05, 0.1) is 0 Å². The van der Waals surface area contributed by atoms with E-state index in [1.54, 1.807) is 0 Å². The Balaban J connectivity index is 1.46. The largest absolute Gasteiger partial charge is 0.368 e. The van der Waals surface area contributed by atoms with Crippen molar-refractivity contribution in [2.75, 3.05) is 31.1 Å². The van der Waals surface area contributed by atoms with Gasteiger partial charge in [0, 0.05) is 43.8 Å². The van der Waals surface area contributed by atoms with Crippen LogP contribution in [0, 0.1) is 5.41 Å². The molecule has 4 rings (SSSR count). The molecule has 1 aromatic rings. The molecule has 2 amide bonds. The Morgan fingerprint density at radius 2 is 2.04 bits per heavy atom. The Morgan fingerprint density at radius 1 is 1.22 bits per heavy atom. The van der Waals surface area contributed by atoms with Crippen LogP contribution in [0.15, 0.2) is 30.3 Å². The topological polar surface area (TPSA) is 49.9 Å². The first kappa shape index (κ1) is 14.7. The van der Waals surface area contributed by atoms with Crippen LogP contribution >= 0.6 is 0 Å². The SMILES string of the molecule is O=C([C@H]1CCCO1)N1CCC2(CC(=O)N(c3ccccc3)C2)C1. The molecule has 0 saturated carbocycles. The molecule has 2 atom stereocenters. The Kier molecular flexibility index (Phi) is 3.60. The lowest BCUT2D eigenvalue weighted by atomic mass is 9.86. The summed E-state index contributed by atoms with van der Waals surface area (Å²) in [5, 5.41) is 0. The van der Waals surface area contributed by atoms with E-state index in [2.05, 4.69) is 0 Å². The number of nitrogens with zero attached hydrogens (tertiary/aromatic N) is 2. The summed E-state index contributed by atoms with van der Waals surface area (Å²) in [6, 6.07) is 9.81. The first-order valence-corrected chi connectivity index (χ1v) is 8.43. The Labute approximate surface area is 136 Å². The number of carbonyl (C=O) groups excluding carboxylic acids is 2. The van der Waals surface area contributed by atoms with Crippen LogP contribution in [0.5, 0.6) is 0 Å². The fourth-order valence-corrected chi connectivity index (χ4v) is 4.11. The molecule has 3 aliphatic heterocycles. The summed E-state index contributed by atoms with van der Waals surface area (Å²) in [5.41, 5.74) is 0.875. The maximum absolute atomic E-state index is 12.5. The van der Waals surface area contributed by atoms with E-state index in [4.69, 9.17) is 4.74 Å². The third-order valence-electron chi connectivity index (χ3n) is 5.34. The summed E-state index contributed by atoms with van der Waals surface area (Å²) in [6.07, 6.45) is 2.98. The standard InChI is InChI=1S/C18H22N2O3/c21-16-11-18(13-20(16)14-5-2-1-3-6-14)8-9-19(12-18)17(22)15-7-4-10-23-15/h1-3,5-6,15H,4,7-13H2/t15-,18?/m1/s1. The Morgan fingerprint density at radius 3 is 2.78 bits per heavy atom. The molecule has 0 radical (unpaired) electrons. The number of hydrogen-bond donors (Lipinski definition) is 0. The number of benzene rings is 1. The van der Waals surface area contributed by atoms with Gasteiger partial charge in [0.1, 0.15) is 6.10 Å². The summed E-state index contributed by atoms with van der Waals surface area (Å²) < 4.78 is 5.52. The number of para-hydroxylation sites is 1. The number of carbonyl (C=O) groups is 2. The monoisotopic (exact) mass is 314 g/mol. The highest BCUT2D eigenvalue weighted by atomic mass is 16.5. The second-order valence-electron chi connectivity index (χ2n) is 7.00. The van der Waals surface area contributed by atoms with E-state index in [1.165, 1.54) is 0 Å². The summed E-state index contributed by atoms with van der Waals surface area (Å²) in [6.45, 7) is 2.83. The molecule has 5 heteroatoms. The maximum Gasteiger partial charge on any atom is 0.251 e. The highest BCUT2D eigenvalue weighted by molar-refractivity contribution is 5.96. The second-order valence-corrected chi connectivity index (χ2v) is 7.00. The molecule has 5 nitrogen and oxygen atoms in total. The van der Waals surface area contributed by atoms with Crippen LogP contribution in [-0.4, -0.2) is 49.1 Å². The van der Waals surface area contributed by atoms with Crippen molar-refractivity contribution < 1.29 is 14.3 Å². The van der Waals surface area contributed by atoms with Crippen LogP contribution in [0.1, 0.15) is 25.7 Å². The minimum Gasteiger partial charge on any atom is -0.368 e. The molecular weight excluding hydrogens is 292 g/mol. The molecule has 23 heavy (non-hydrogen) atoms. The van der Waals surface area contributed by atoms with Crippen molar-refractivity contribution in [1.82, 2.24) is 4.90 Å². The minimum absolute atomic E-state index is 0.0822. The van der Waals surface area contributed by atoms with Gasteiger partial charge in [0.2, 0.25) is 5.91 Å². The molecule has 0 bridgehead atoms. The molecule has 3 fully saturated rings. The zero-order valence-electron chi connectivity index (χ0n) is 13.2. The van der Waals surface area contributed by atoms with Crippen LogP contribution in [0.4, 0.5) is 5.69 Å². The van der Waals surface area contributed by atoms with Crippen molar-refractivity contribution in [3.8, 4) is 0 Å². The quantitative estimate of drug-likeness (QED) is 0.837. The second kappa shape index (κ2) is 5.64. The predicted molar refractivity (Wildman–Crippen MR) is 86.0 cm³/mol. The molecule has 3 saturated heterocycles. The molecule has 1 spiro atoms. The molecule has 0 aliphatic carbocycles. The number of likely N-dealkylation sites (tertiary alicyclic amines) is 1. The third-order valence-corrected chi connectivity index (χ3v) is 5.34. The number of ether oxygens (including phenoxy) is 1. The number of anilines is 1. The molecule has 0 aromatic heterocycles. The highest BCUT2D eigenvalue weighted by Crippen LogP contribution is 2.42. The molecular formula is C18H22N2O3. The van der Waals surface area contributed by atoms with Gasteiger partial charge in [-0.05, 0) is 31.4 Å². The van der Waals surface area contributed by atoms with E-state index >= 15 is 0 Å². The first-order valence-electron chi connectivity index (χ1n) is 8.43. The van der Waals surface area contributed by atoms with Crippen LogP contribution in [0.25, 0.3) is 0 Å². The van der Waals surface area contributed by atoms with Gasteiger partial charge in [-0.2, -0.15) is 0 Å². The average Bonchev–Trinajstić information content (AvgIpc) is 3.29. The van der Waals surface area contributed by atoms with Crippen molar-refractivity contribution in [1.29, 1.82) is 0 Å². The number of hydrogen-bond acceptors (Lipinski definition) is 3. The van der Waals surface area contributed by atoms with Gasteiger partial charge >= 0.3 is 0 Å². The summed E-state index contributed by atoms with van der Waals surface area (Å²) in [5.74, 6) is 0.285. The lowest BCUT2D eigenvalue weighted by molar-refractivity contribution is -0.140. The van der Waals surface area contributed by atoms with Crippen molar-refractivity contribution in [3.63, 3.8) is 0 Å². The molecule has 122 valence electrons. The fraction of sp³-hybridized carbons (Fsp3) is 0.556. The van der Waals surface area contributed by atoms with Gasteiger partial charge in [-0.3, -0.25) is 9.59 Å². The number of rotatable bonds is 2. The van der Waals surface area contributed by atoms with Gasteiger partial charge < -0.3 is 14.5 Å².